The van der Waals surface area contributed by atoms with E-state index in [0.717, 1.165) is 25.7 Å². The van der Waals surface area contributed by atoms with Crippen molar-refractivity contribution in [2.75, 3.05) is 0 Å². The monoisotopic (exact) mass is 442 g/mol. The second-order valence-corrected chi connectivity index (χ2v) is 2.95. The minimum absolute atomic E-state index is 0. The van der Waals surface area contributed by atoms with Gasteiger partial charge in [-0.3, -0.25) is 9.59 Å². The van der Waals surface area contributed by atoms with Crippen molar-refractivity contribution >= 4 is 11.9 Å². The van der Waals surface area contributed by atoms with Crippen LogP contribution in [0.25, 0.3) is 0 Å². The molecule has 0 rings (SSSR count). The minimum atomic E-state index is -0.833. The van der Waals surface area contributed by atoms with E-state index in [1.165, 1.54) is 0 Å². The van der Waals surface area contributed by atoms with Crippen molar-refractivity contribution in [3.05, 3.63) is 39.5 Å². The number of aliphatic carboxylic acids is 2. The molecule has 0 spiro atoms. The Morgan fingerprint density at radius 2 is 0.667 bits per heavy atom. The van der Waals surface area contributed by atoms with Crippen molar-refractivity contribution in [2.24, 2.45) is 0 Å². The van der Waals surface area contributed by atoms with Crippen molar-refractivity contribution < 1.29 is 60.6 Å². The van der Waals surface area contributed by atoms with Crippen molar-refractivity contribution in [1.29, 1.82) is 0 Å². The Hall–Kier alpha value is 0.265. The molecule has 6 heteroatoms. The van der Waals surface area contributed by atoms with E-state index in [4.69, 9.17) is 19.8 Å². The first-order chi connectivity index (χ1) is 6.93. The average Bonchev–Trinajstić information content (AvgIpc) is 1.76. The molecule has 0 saturated carbocycles. The number of hydrogen-bond donors (Lipinski definition) is 2. The van der Waals surface area contributed by atoms with Gasteiger partial charge < -0.3 is 10.2 Å². The Kier molecular flexibility index (Phi) is 61.0. The Bertz CT molecular complexity index is 129. The molecule has 0 aromatic rings. The van der Waals surface area contributed by atoms with Gasteiger partial charge in [0.25, 0.3) is 11.9 Å². The van der Waals surface area contributed by atoms with Gasteiger partial charge in [0.15, 0.2) is 0 Å². The van der Waals surface area contributed by atoms with Crippen LogP contribution in [0.2, 0.25) is 0 Å². The predicted octanol–water partition coefficient (Wildman–Crippen LogP) is 2.67. The van der Waals surface area contributed by atoms with Gasteiger partial charge in [-0.1, -0.05) is 13.8 Å². The molecule has 0 aromatic heterocycles. The normalized spacial score (nSPS) is 6.78. The third-order valence-corrected chi connectivity index (χ3v) is 0. The molecule has 0 heterocycles. The molecule has 0 amide bonds. The Morgan fingerprint density at radius 3 is 0.667 bits per heavy atom. The summed E-state index contributed by atoms with van der Waals surface area (Å²) in [5, 5.41) is 14.8. The summed E-state index contributed by atoms with van der Waals surface area (Å²) in [5.74, 6) is 0.167. The minimum Gasteiger partial charge on any atom is -0.481 e. The standard InChI is InChI=1S/2C4H7.2C2H4O2.2Pd/c2*1-4(2)3;2*1-2(3)4;;/h2*1-2H2,3H3;2*1H3,(H,3,4);;. The molecule has 0 aliphatic heterocycles. The topological polar surface area (TPSA) is 74.6 Å². The van der Waals surface area contributed by atoms with Crippen molar-refractivity contribution in [2.45, 2.75) is 27.7 Å². The molecule has 0 fully saturated rings. The van der Waals surface area contributed by atoms with E-state index in [9.17, 15) is 0 Å². The van der Waals surface area contributed by atoms with Crippen LogP contribution in [0.5, 0.6) is 0 Å². The summed E-state index contributed by atoms with van der Waals surface area (Å²) in [4.78, 5) is 18.0. The first-order valence-corrected chi connectivity index (χ1v) is 4.27. The van der Waals surface area contributed by atoms with Gasteiger partial charge in [0.2, 0.25) is 0 Å². The van der Waals surface area contributed by atoms with Crippen LogP contribution in [0, 0.1) is 39.5 Å². The molecule has 6 radical (unpaired) electrons. The van der Waals surface area contributed by atoms with Crippen molar-refractivity contribution in [1.82, 2.24) is 0 Å². The van der Waals surface area contributed by atoms with Crippen LogP contribution >= 0.6 is 0 Å². The van der Waals surface area contributed by atoms with Gasteiger partial charge in [0.05, 0.1) is 0 Å². The van der Waals surface area contributed by atoms with Crippen LogP contribution < -0.4 is 0 Å². The average molecular weight is 443 g/mol. The van der Waals surface area contributed by atoms with Crippen LogP contribution in [-0.4, -0.2) is 22.2 Å². The van der Waals surface area contributed by atoms with Crippen LogP contribution in [0.15, 0.2) is 0 Å². The van der Waals surface area contributed by atoms with Gasteiger partial charge in [-0.15, -0.1) is 0 Å². The third-order valence-electron chi connectivity index (χ3n) is 0. The fourth-order valence-electron chi connectivity index (χ4n) is 0. The summed E-state index contributed by atoms with van der Waals surface area (Å²) < 4.78 is 0. The summed E-state index contributed by atoms with van der Waals surface area (Å²) in [6, 6.07) is 0. The van der Waals surface area contributed by atoms with Crippen LogP contribution in [0.3, 0.4) is 0 Å². The van der Waals surface area contributed by atoms with Gasteiger partial charge in [-0.2, -0.15) is 0 Å². The number of rotatable bonds is 0. The Labute approximate surface area is 139 Å². The molecule has 0 aliphatic rings. The van der Waals surface area contributed by atoms with Crippen LogP contribution in [0.4, 0.5) is 0 Å². The second-order valence-electron chi connectivity index (χ2n) is 2.95. The second kappa shape index (κ2) is 30.4. The summed E-state index contributed by atoms with van der Waals surface area (Å²) in [6.07, 6.45) is 0. The maximum Gasteiger partial charge on any atom is 0.300 e. The molecule has 18 heavy (non-hydrogen) atoms. The molecule has 0 unspecified atom stereocenters. The molecular weight excluding hydrogens is 421 g/mol. The fraction of sp³-hybridized carbons (Fsp3) is 0.333. The van der Waals surface area contributed by atoms with E-state index in [1.54, 1.807) is 0 Å². The summed E-state index contributed by atoms with van der Waals surface area (Å²) in [5.41, 5.74) is 0. The van der Waals surface area contributed by atoms with Gasteiger partial charge in [0, 0.05) is 54.7 Å². The predicted molar refractivity (Wildman–Crippen MR) is 65.9 cm³/mol. The molecule has 0 atom stereocenters. The largest absolute Gasteiger partial charge is 0.481 e. The van der Waals surface area contributed by atoms with E-state index in [2.05, 4.69) is 27.7 Å². The van der Waals surface area contributed by atoms with Crippen molar-refractivity contribution in [3.63, 3.8) is 0 Å². The molecule has 0 bridgehead atoms. The number of carbonyl (C=O) groups is 2. The molecule has 0 saturated heterocycles. The maximum atomic E-state index is 9.00. The molecule has 0 aromatic carbocycles. The Balaban J connectivity index is -0.0000000257. The number of carboxylic acid groups (broad SMARTS) is 2. The maximum absolute atomic E-state index is 9.00. The van der Waals surface area contributed by atoms with E-state index >= 15 is 0 Å². The third kappa shape index (κ3) is 54100. The number of hydrogen-bond acceptors (Lipinski definition) is 2. The SMILES string of the molecule is CC(=O)O.CC(=O)O.[CH2][C]([CH2])C.[CH2][C]([CH2])C.[Pd].[Pd]. The fourth-order valence-corrected chi connectivity index (χ4v) is 0. The molecule has 0 aliphatic carbocycles. The smallest absolute Gasteiger partial charge is 0.300 e. The van der Waals surface area contributed by atoms with Crippen LogP contribution in [-0.2, 0) is 50.4 Å². The van der Waals surface area contributed by atoms with Gasteiger partial charge in [0.1, 0.15) is 0 Å². The summed E-state index contributed by atoms with van der Waals surface area (Å²) in [7, 11) is 0. The van der Waals surface area contributed by atoms with Gasteiger partial charge in [-0.05, 0) is 39.5 Å². The van der Waals surface area contributed by atoms with Crippen molar-refractivity contribution in [3.8, 4) is 0 Å². The van der Waals surface area contributed by atoms with E-state index in [0.29, 0.717) is 0 Å². The summed E-state index contributed by atoms with van der Waals surface area (Å²) in [6.45, 7) is 19.7. The van der Waals surface area contributed by atoms with Gasteiger partial charge >= 0.3 is 0 Å². The number of carboxylic acids is 2. The zero-order valence-electron chi connectivity index (χ0n) is 11.2. The van der Waals surface area contributed by atoms with E-state index in [-0.39, 0.29) is 40.8 Å². The molecule has 2 N–H and O–H groups in total. The summed E-state index contributed by atoms with van der Waals surface area (Å²) >= 11 is 0. The van der Waals surface area contributed by atoms with Gasteiger partial charge in [-0.25, -0.2) is 0 Å². The molecule has 114 valence electrons. The first kappa shape index (κ1) is 36.2. The van der Waals surface area contributed by atoms with E-state index < -0.39 is 11.9 Å². The molecular formula is C12H22O4Pd2. The Morgan fingerprint density at radius 1 is 0.667 bits per heavy atom. The van der Waals surface area contributed by atoms with E-state index in [1.807, 2.05) is 13.8 Å². The quantitative estimate of drug-likeness (QED) is 0.565. The zero-order valence-corrected chi connectivity index (χ0v) is 14.3. The zero-order chi connectivity index (χ0) is 14.3. The molecule has 4 nitrogen and oxygen atoms in total. The first-order valence-electron chi connectivity index (χ1n) is 4.27. The van der Waals surface area contributed by atoms with Crippen LogP contribution in [0.1, 0.15) is 27.7 Å².